The van der Waals surface area contributed by atoms with E-state index in [1.165, 1.54) is 0 Å². The molecule has 0 radical (unpaired) electrons. The van der Waals surface area contributed by atoms with Gasteiger partial charge in [-0.3, -0.25) is 14.4 Å². The molecule has 0 aromatic rings. The molecule has 8 atom stereocenters. The van der Waals surface area contributed by atoms with Crippen LogP contribution in [0.25, 0.3) is 0 Å². The molecule has 3 saturated carbocycles. The molecule has 180 valence electrons. The number of carbonyl (C=O) groups is 4. The third kappa shape index (κ3) is 3.69. The molecule has 1 amide bonds. The number of aliphatic hydroxyl groups excluding tert-OH is 1. The van der Waals surface area contributed by atoms with E-state index in [0.717, 1.165) is 43.3 Å². The first-order valence-corrected chi connectivity index (χ1v) is 12.1. The van der Waals surface area contributed by atoms with Gasteiger partial charge in [-0.1, -0.05) is 31.9 Å². The number of carboxylic acid groups (broad SMARTS) is 1. The van der Waals surface area contributed by atoms with Gasteiger partial charge in [0.05, 0.1) is 12.5 Å². The van der Waals surface area contributed by atoms with Crippen LogP contribution in [0.3, 0.4) is 0 Å². The van der Waals surface area contributed by atoms with E-state index in [1.54, 1.807) is 12.2 Å². The lowest BCUT2D eigenvalue weighted by molar-refractivity contribution is -0.155. The minimum Gasteiger partial charge on any atom is -0.475 e. The summed E-state index contributed by atoms with van der Waals surface area (Å²) in [6.45, 7) is 6.27. The van der Waals surface area contributed by atoms with E-state index in [0.29, 0.717) is 5.92 Å². The maximum atomic E-state index is 12.6. The summed E-state index contributed by atoms with van der Waals surface area (Å²) in [5.74, 6) is -2.31. The van der Waals surface area contributed by atoms with Crippen LogP contribution in [0.1, 0.15) is 65.7 Å². The van der Waals surface area contributed by atoms with Crippen LogP contribution in [-0.2, 0) is 19.2 Å². The van der Waals surface area contributed by atoms with Crippen molar-refractivity contribution < 1.29 is 29.4 Å². The number of Topliss-reactive ketones (excluding diaryl/α,β-unsaturated/α-hetero) is 1. The minimum absolute atomic E-state index is 0.0208. The monoisotopic (exact) mass is 457 g/mol. The Morgan fingerprint density at radius 2 is 1.88 bits per heavy atom. The van der Waals surface area contributed by atoms with Crippen molar-refractivity contribution in [1.29, 1.82) is 0 Å². The number of allylic oxidation sites excluding steroid dienone is 3. The molecular weight excluding hydrogens is 422 g/mol. The Labute approximate surface area is 194 Å². The number of carbonyl (C=O) groups excluding carboxylic acids is 3. The molecule has 0 bridgehead atoms. The van der Waals surface area contributed by atoms with Gasteiger partial charge in [0.15, 0.2) is 5.78 Å². The van der Waals surface area contributed by atoms with Crippen LogP contribution < -0.4 is 5.73 Å². The van der Waals surface area contributed by atoms with Gasteiger partial charge < -0.3 is 15.9 Å². The second-order valence-electron chi connectivity index (χ2n) is 11.3. The molecule has 7 heteroatoms. The Morgan fingerprint density at radius 3 is 2.52 bits per heavy atom. The van der Waals surface area contributed by atoms with E-state index < -0.39 is 35.1 Å². The van der Waals surface area contributed by atoms with E-state index in [-0.39, 0.29) is 41.8 Å². The molecular formula is C26H35NO6. The van der Waals surface area contributed by atoms with Gasteiger partial charge in [-0.2, -0.15) is 0 Å². The zero-order chi connectivity index (χ0) is 24.3. The summed E-state index contributed by atoms with van der Waals surface area (Å²) in [7, 11) is 0. The lowest BCUT2D eigenvalue weighted by Gasteiger charge is -2.58. The van der Waals surface area contributed by atoms with Crippen molar-refractivity contribution in [2.45, 2.75) is 71.8 Å². The highest BCUT2D eigenvalue weighted by Crippen LogP contribution is 2.68. The summed E-state index contributed by atoms with van der Waals surface area (Å²) in [5.41, 5.74) is 6.49. The predicted octanol–water partition coefficient (Wildman–Crippen LogP) is 2.81. The Kier molecular flexibility index (Phi) is 5.92. The maximum absolute atomic E-state index is 12.6. The Balaban J connectivity index is 1.67. The highest BCUT2D eigenvalue weighted by Gasteiger charge is 2.63. The summed E-state index contributed by atoms with van der Waals surface area (Å²) in [5, 5.41) is 19.9. The SMILES string of the molecule is CC1C[C@H]2[C@@H]3CCC4=CC(=O)C=C(CC(O)CC(N)=O)[C@]4(C)[C@H]3CC[C@]2(C)[C@H]1C(=O)C(=O)O. The van der Waals surface area contributed by atoms with Crippen LogP contribution >= 0.6 is 0 Å². The molecule has 2 unspecified atom stereocenters. The van der Waals surface area contributed by atoms with Gasteiger partial charge in [0, 0.05) is 11.3 Å². The standard InChI is InChI=1S/C26H35NO6/c1-13-8-20-18-5-4-14-9-16(28)10-15(11-17(29)12-21(27)30)26(14,3)19(18)6-7-25(20,2)22(13)23(31)24(32)33/h9-10,13,17-20,22,29H,4-8,11-12H2,1-3H3,(H2,27,30)(H,32,33)/t13?,17?,18-,19+,20+,22-,25+,26-/m1/s1. The number of primary amides is 1. The molecule has 33 heavy (non-hydrogen) atoms. The van der Waals surface area contributed by atoms with E-state index in [4.69, 9.17) is 5.73 Å². The van der Waals surface area contributed by atoms with Gasteiger partial charge in [-0.15, -0.1) is 0 Å². The molecule has 7 nitrogen and oxygen atoms in total. The molecule has 4 aliphatic rings. The third-order valence-corrected chi connectivity index (χ3v) is 9.62. The van der Waals surface area contributed by atoms with Gasteiger partial charge in [-0.05, 0) is 79.8 Å². The normalized spacial score (nSPS) is 40.6. The van der Waals surface area contributed by atoms with Crippen LogP contribution in [0, 0.1) is 40.4 Å². The number of nitrogens with two attached hydrogens (primary N) is 1. The molecule has 0 saturated heterocycles. The topological polar surface area (TPSA) is 135 Å². The number of hydrogen-bond acceptors (Lipinski definition) is 5. The van der Waals surface area contributed by atoms with Crippen molar-refractivity contribution >= 4 is 23.4 Å². The summed E-state index contributed by atoms with van der Waals surface area (Å²) in [4.78, 5) is 48.0. The molecule has 4 aliphatic carbocycles. The van der Waals surface area contributed by atoms with E-state index in [1.807, 2.05) is 6.92 Å². The number of hydrogen-bond donors (Lipinski definition) is 3. The van der Waals surface area contributed by atoms with Gasteiger partial charge in [0.2, 0.25) is 11.7 Å². The van der Waals surface area contributed by atoms with Gasteiger partial charge in [0.1, 0.15) is 0 Å². The fourth-order valence-electron chi connectivity index (χ4n) is 8.31. The number of aliphatic carboxylic acids is 1. The van der Waals surface area contributed by atoms with Crippen LogP contribution in [-0.4, -0.2) is 39.8 Å². The average Bonchev–Trinajstić information content (AvgIpc) is 2.97. The second kappa shape index (κ2) is 8.19. The van der Waals surface area contributed by atoms with Gasteiger partial charge in [0.25, 0.3) is 0 Å². The molecule has 0 spiro atoms. The number of ketones is 2. The Hall–Kier alpha value is -2.28. The molecule has 0 aromatic carbocycles. The number of rotatable bonds is 6. The van der Waals surface area contributed by atoms with Crippen molar-refractivity contribution in [3.05, 3.63) is 23.3 Å². The van der Waals surface area contributed by atoms with E-state index >= 15 is 0 Å². The number of fused-ring (bicyclic) bond motifs is 5. The summed E-state index contributed by atoms with van der Waals surface area (Å²) in [6.07, 6.45) is 6.62. The fraction of sp³-hybridized carbons (Fsp3) is 0.692. The molecule has 3 fully saturated rings. The molecule has 4 N–H and O–H groups in total. The maximum Gasteiger partial charge on any atom is 0.372 e. The van der Waals surface area contributed by atoms with Crippen molar-refractivity contribution in [3.8, 4) is 0 Å². The van der Waals surface area contributed by atoms with E-state index in [9.17, 15) is 29.4 Å². The van der Waals surface area contributed by atoms with Crippen LogP contribution in [0.2, 0.25) is 0 Å². The van der Waals surface area contributed by atoms with Crippen LogP contribution in [0.5, 0.6) is 0 Å². The Morgan fingerprint density at radius 1 is 1.18 bits per heavy atom. The smallest absolute Gasteiger partial charge is 0.372 e. The number of amides is 1. The number of carboxylic acids is 1. The minimum atomic E-state index is -1.34. The molecule has 4 rings (SSSR count). The lowest BCUT2D eigenvalue weighted by Crippen LogP contribution is -2.52. The first kappa shape index (κ1) is 23.9. The third-order valence-electron chi connectivity index (χ3n) is 9.62. The summed E-state index contributed by atoms with van der Waals surface area (Å²) >= 11 is 0. The second-order valence-corrected chi connectivity index (χ2v) is 11.3. The zero-order valence-corrected chi connectivity index (χ0v) is 19.7. The first-order valence-electron chi connectivity index (χ1n) is 12.1. The molecule has 0 heterocycles. The van der Waals surface area contributed by atoms with Crippen molar-refractivity contribution in [2.75, 3.05) is 0 Å². The van der Waals surface area contributed by atoms with E-state index in [2.05, 4.69) is 13.8 Å². The Bertz CT molecular complexity index is 966. The lowest BCUT2D eigenvalue weighted by atomic mass is 9.46. The molecule has 0 aromatic heterocycles. The predicted molar refractivity (Wildman–Crippen MR) is 121 cm³/mol. The zero-order valence-electron chi connectivity index (χ0n) is 19.7. The van der Waals surface area contributed by atoms with Gasteiger partial charge in [-0.25, -0.2) is 4.79 Å². The largest absolute Gasteiger partial charge is 0.475 e. The quantitative estimate of drug-likeness (QED) is 0.525. The summed E-state index contributed by atoms with van der Waals surface area (Å²) in [6, 6.07) is 0. The van der Waals surface area contributed by atoms with Crippen molar-refractivity contribution in [3.63, 3.8) is 0 Å². The van der Waals surface area contributed by atoms with Gasteiger partial charge >= 0.3 is 5.97 Å². The molecule has 0 aliphatic heterocycles. The number of aliphatic hydroxyl groups is 1. The average molecular weight is 458 g/mol. The van der Waals surface area contributed by atoms with Crippen LogP contribution in [0.15, 0.2) is 23.3 Å². The van der Waals surface area contributed by atoms with Crippen molar-refractivity contribution in [2.24, 2.45) is 46.2 Å². The first-order chi connectivity index (χ1) is 15.4. The highest BCUT2D eigenvalue weighted by atomic mass is 16.4. The van der Waals surface area contributed by atoms with Crippen LogP contribution in [0.4, 0.5) is 0 Å². The summed E-state index contributed by atoms with van der Waals surface area (Å²) < 4.78 is 0. The highest BCUT2D eigenvalue weighted by molar-refractivity contribution is 6.33. The van der Waals surface area contributed by atoms with Crippen molar-refractivity contribution in [1.82, 2.24) is 0 Å². The fourth-order valence-corrected chi connectivity index (χ4v) is 8.31.